The number of thiophene rings is 1. The third-order valence-corrected chi connectivity index (χ3v) is 5.14. The van der Waals surface area contributed by atoms with Crippen molar-refractivity contribution in [3.8, 4) is 0 Å². The van der Waals surface area contributed by atoms with Gasteiger partial charge in [0, 0.05) is 10.9 Å². The van der Waals surface area contributed by atoms with Gasteiger partial charge in [0.05, 0.1) is 26.4 Å². The smallest absolute Gasteiger partial charge is 0.178 e. The molecule has 0 bridgehead atoms. The van der Waals surface area contributed by atoms with E-state index in [0.29, 0.717) is 10.3 Å². The molecular weight excluding hydrogens is 338 g/mol. The van der Waals surface area contributed by atoms with Crippen LogP contribution in [0.25, 0.3) is 11.0 Å². The fourth-order valence-electron chi connectivity index (χ4n) is 2.19. The van der Waals surface area contributed by atoms with Gasteiger partial charge in [-0.3, -0.25) is 0 Å². The van der Waals surface area contributed by atoms with Crippen LogP contribution in [0.5, 0.6) is 0 Å². The van der Waals surface area contributed by atoms with E-state index in [1.54, 1.807) is 6.07 Å². The predicted molar refractivity (Wildman–Crippen MR) is 85.2 cm³/mol. The average Bonchev–Trinajstić information content (AvgIpc) is 2.93. The number of hydrogen-bond acceptors (Lipinski definition) is 2. The minimum atomic E-state index is -0.464. The molecule has 0 fully saturated rings. The first-order valence-electron chi connectivity index (χ1n) is 5.82. The highest BCUT2D eigenvalue weighted by Crippen LogP contribution is 2.32. The Morgan fingerprint density at radius 3 is 2.75 bits per heavy atom. The Hall–Kier alpha value is -0.880. The van der Waals surface area contributed by atoms with Crippen LogP contribution in [0.3, 0.4) is 0 Å². The van der Waals surface area contributed by atoms with Crippen LogP contribution < -0.4 is 0 Å². The van der Waals surface area contributed by atoms with Crippen LogP contribution in [0.15, 0.2) is 24.3 Å². The van der Waals surface area contributed by atoms with Crippen molar-refractivity contribution in [1.82, 2.24) is 9.55 Å². The molecule has 0 saturated carbocycles. The molecular formula is C13H9Cl2FN2S2. The fraction of sp³-hybridized carbons (Fsp3) is 0.154. The number of fused-ring (bicyclic) bond motifs is 1. The third kappa shape index (κ3) is 2.29. The molecule has 104 valence electrons. The molecule has 1 atom stereocenters. The van der Waals surface area contributed by atoms with Crippen molar-refractivity contribution in [2.24, 2.45) is 0 Å². The number of hydrogen-bond donors (Lipinski definition) is 1. The Morgan fingerprint density at radius 1 is 1.35 bits per heavy atom. The van der Waals surface area contributed by atoms with E-state index in [9.17, 15) is 4.39 Å². The van der Waals surface area contributed by atoms with Crippen LogP contribution in [0.4, 0.5) is 4.39 Å². The maximum atomic E-state index is 13.5. The summed E-state index contributed by atoms with van der Waals surface area (Å²) in [4.78, 5) is 4.08. The molecule has 7 heteroatoms. The van der Waals surface area contributed by atoms with Crippen molar-refractivity contribution in [1.29, 1.82) is 0 Å². The second-order valence-corrected chi connectivity index (χ2v) is 6.94. The quantitative estimate of drug-likeness (QED) is 0.580. The summed E-state index contributed by atoms with van der Waals surface area (Å²) in [5.41, 5.74) is 1.41. The third-order valence-electron chi connectivity index (χ3n) is 3.15. The van der Waals surface area contributed by atoms with Gasteiger partial charge in [-0.05, 0) is 37.3 Å². The minimum absolute atomic E-state index is 0.00437. The van der Waals surface area contributed by atoms with E-state index >= 15 is 0 Å². The van der Waals surface area contributed by atoms with Gasteiger partial charge in [-0.25, -0.2) is 4.39 Å². The number of nitrogens with zero attached hydrogens (tertiary/aromatic N) is 1. The molecule has 0 aliphatic rings. The summed E-state index contributed by atoms with van der Waals surface area (Å²) in [6, 6.07) is 6.75. The molecule has 2 heterocycles. The first-order valence-corrected chi connectivity index (χ1v) is 7.80. The summed E-state index contributed by atoms with van der Waals surface area (Å²) >= 11 is 18.7. The van der Waals surface area contributed by atoms with Crippen molar-refractivity contribution in [2.75, 3.05) is 0 Å². The second-order valence-electron chi connectivity index (χ2n) is 4.40. The molecule has 20 heavy (non-hydrogen) atoms. The Bertz CT molecular complexity index is 850. The Labute approximate surface area is 133 Å². The highest BCUT2D eigenvalue weighted by atomic mass is 35.5. The molecule has 0 radical (unpaired) electrons. The molecule has 1 unspecified atom stereocenters. The number of benzene rings is 1. The van der Waals surface area contributed by atoms with Crippen molar-refractivity contribution in [3.05, 3.63) is 49.1 Å². The zero-order valence-corrected chi connectivity index (χ0v) is 13.4. The van der Waals surface area contributed by atoms with Gasteiger partial charge in [0.1, 0.15) is 5.82 Å². The van der Waals surface area contributed by atoms with Gasteiger partial charge in [-0.15, -0.1) is 11.3 Å². The number of H-pyrrole nitrogens is 1. The monoisotopic (exact) mass is 346 g/mol. The summed E-state index contributed by atoms with van der Waals surface area (Å²) in [6.45, 7) is 2.02. The van der Waals surface area contributed by atoms with Crippen LogP contribution in [0.2, 0.25) is 9.36 Å². The van der Waals surface area contributed by atoms with Crippen molar-refractivity contribution in [2.45, 2.75) is 13.0 Å². The van der Waals surface area contributed by atoms with Gasteiger partial charge in [0.2, 0.25) is 0 Å². The van der Waals surface area contributed by atoms with Crippen molar-refractivity contribution in [3.63, 3.8) is 0 Å². The molecule has 3 aromatic rings. The number of rotatable bonds is 2. The topological polar surface area (TPSA) is 20.7 Å². The number of aromatic amines is 1. The zero-order valence-electron chi connectivity index (χ0n) is 10.3. The van der Waals surface area contributed by atoms with Crippen LogP contribution in [0, 0.1) is 10.6 Å². The molecule has 0 aliphatic carbocycles. The van der Waals surface area contributed by atoms with E-state index in [4.69, 9.17) is 35.4 Å². The highest BCUT2D eigenvalue weighted by Gasteiger charge is 2.16. The van der Waals surface area contributed by atoms with Crippen LogP contribution in [-0.2, 0) is 0 Å². The lowest BCUT2D eigenvalue weighted by molar-refractivity contribution is 0.629. The number of nitrogens with one attached hydrogen (secondary N) is 1. The van der Waals surface area contributed by atoms with E-state index < -0.39 is 5.82 Å². The summed E-state index contributed by atoms with van der Waals surface area (Å²) in [7, 11) is 0. The minimum Gasteiger partial charge on any atom is -0.330 e. The normalized spacial score (nSPS) is 13.0. The first kappa shape index (κ1) is 14.1. The van der Waals surface area contributed by atoms with Crippen molar-refractivity contribution < 1.29 is 4.39 Å². The zero-order chi connectivity index (χ0) is 14.4. The molecule has 2 nitrogen and oxygen atoms in total. The van der Waals surface area contributed by atoms with E-state index in [1.807, 2.05) is 23.6 Å². The maximum absolute atomic E-state index is 13.5. The lowest BCUT2D eigenvalue weighted by Crippen LogP contribution is -2.05. The Kier molecular flexibility index (Phi) is 3.62. The first-order chi connectivity index (χ1) is 9.47. The van der Waals surface area contributed by atoms with E-state index in [1.165, 1.54) is 17.4 Å². The summed E-state index contributed by atoms with van der Waals surface area (Å²) in [6.07, 6.45) is 0. The van der Waals surface area contributed by atoms with Gasteiger partial charge in [-0.2, -0.15) is 0 Å². The van der Waals surface area contributed by atoms with Gasteiger partial charge >= 0.3 is 0 Å². The largest absolute Gasteiger partial charge is 0.330 e. The average molecular weight is 347 g/mol. The van der Waals surface area contributed by atoms with E-state index in [-0.39, 0.29) is 11.1 Å². The van der Waals surface area contributed by atoms with Crippen LogP contribution in [-0.4, -0.2) is 9.55 Å². The molecule has 0 saturated heterocycles. The van der Waals surface area contributed by atoms with Crippen LogP contribution >= 0.6 is 46.8 Å². The lowest BCUT2D eigenvalue weighted by Gasteiger charge is -2.13. The second kappa shape index (κ2) is 5.15. The summed E-state index contributed by atoms with van der Waals surface area (Å²) in [5, 5.41) is 0.0802. The molecule has 2 aromatic heterocycles. The van der Waals surface area contributed by atoms with Gasteiger partial charge in [0.25, 0.3) is 0 Å². The Balaban J connectivity index is 2.23. The molecule has 1 aromatic carbocycles. The molecule has 0 spiro atoms. The molecule has 3 rings (SSSR count). The van der Waals surface area contributed by atoms with E-state index in [2.05, 4.69) is 4.98 Å². The molecule has 0 amide bonds. The Morgan fingerprint density at radius 2 is 2.10 bits per heavy atom. The van der Waals surface area contributed by atoms with Gasteiger partial charge < -0.3 is 9.55 Å². The standard InChI is InChI=1S/C13H9Cl2FN2S2/c1-6(11-2-3-12(15)20-11)18-10-4-7(14)8(16)5-9(10)17-13(18)19/h2-6H,1H3,(H,17,19). The highest BCUT2D eigenvalue weighted by molar-refractivity contribution is 7.71. The number of aromatic nitrogens is 2. The number of imidazole rings is 1. The number of halogens is 3. The van der Waals surface area contributed by atoms with Crippen molar-refractivity contribution >= 4 is 57.8 Å². The lowest BCUT2D eigenvalue weighted by atomic mass is 10.2. The molecule has 0 aliphatic heterocycles. The SMILES string of the molecule is CC(c1ccc(Cl)s1)n1c(=S)[nH]c2cc(F)c(Cl)cc21. The van der Waals surface area contributed by atoms with Crippen LogP contribution in [0.1, 0.15) is 17.8 Å². The summed E-state index contributed by atoms with van der Waals surface area (Å²) < 4.78 is 16.7. The molecule has 1 N–H and O–H groups in total. The van der Waals surface area contributed by atoms with Gasteiger partial charge in [0.15, 0.2) is 4.77 Å². The summed E-state index contributed by atoms with van der Waals surface area (Å²) in [5.74, 6) is -0.464. The van der Waals surface area contributed by atoms with Gasteiger partial charge in [-0.1, -0.05) is 23.2 Å². The van der Waals surface area contributed by atoms with E-state index in [0.717, 1.165) is 14.7 Å². The fourth-order valence-corrected chi connectivity index (χ4v) is 3.81. The predicted octanol–water partition coefficient (Wildman–Crippen LogP) is 5.82. The maximum Gasteiger partial charge on any atom is 0.178 e.